The number of carbonyl (C=O) groups is 2. The van der Waals surface area contributed by atoms with Gasteiger partial charge < -0.3 is 9.64 Å². The largest absolute Gasteiger partial charge is 0.448 e. The van der Waals surface area contributed by atoms with Crippen LogP contribution < -0.4 is 0 Å². The summed E-state index contributed by atoms with van der Waals surface area (Å²) in [6.45, 7) is 0.373. The van der Waals surface area contributed by atoms with Crippen molar-refractivity contribution in [3.63, 3.8) is 0 Å². The average Bonchev–Trinajstić information content (AvgIpc) is 3.36. The Balaban J connectivity index is 0.961. The zero-order valence-electron chi connectivity index (χ0n) is 21.6. The predicted molar refractivity (Wildman–Crippen MR) is 142 cm³/mol. The minimum Gasteiger partial charge on any atom is -0.448 e. The smallest absolute Gasteiger partial charge is 0.410 e. The number of benzene rings is 2. The molecule has 2 aromatic rings. The molecule has 2 heterocycles. The molecule has 2 aromatic carbocycles. The van der Waals surface area contributed by atoms with Crippen molar-refractivity contribution in [2.75, 3.05) is 6.61 Å². The number of ketones is 1. The molecule has 192 valence electrons. The van der Waals surface area contributed by atoms with Gasteiger partial charge in [-0.15, -0.1) is 0 Å². The highest BCUT2D eigenvalue weighted by Crippen LogP contribution is 2.61. The van der Waals surface area contributed by atoms with Crippen LogP contribution in [0.4, 0.5) is 4.79 Å². The lowest BCUT2D eigenvalue weighted by Crippen LogP contribution is -2.54. The quantitative estimate of drug-likeness (QED) is 0.460. The molecule has 2 saturated heterocycles. The first kappa shape index (κ1) is 22.4. The summed E-state index contributed by atoms with van der Waals surface area (Å²) in [7, 11) is 0. The molecule has 2 aliphatic heterocycles. The van der Waals surface area contributed by atoms with Crippen LogP contribution in [0.1, 0.15) is 81.3 Å². The van der Waals surface area contributed by atoms with Gasteiger partial charge >= 0.3 is 6.09 Å². The SMILES string of the molecule is O=C(OCC1c2ccccc2-c2ccccc21)N1C2CCC1CC(C(=O)C13CC4CC(CC(C4)C1)C3)C2. The number of hydrogen-bond donors (Lipinski definition) is 0. The summed E-state index contributed by atoms with van der Waals surface area (Å²) in [5.41, 5.74) is 4.98. The van der Waals surface area contributed by atoms with E-state index < -0.39 is 0 Å². The second-order valence-corrected chi connectivity index (χ2v) is 13.3. The Kier molecular flexibility index (Phi) is 4.95. The molecule has 4 nitrogen and oxygen atoms in total. The minimum atomic E-state index is -0.171. The van der Waals surface area contributed by atoms with E-state index in [2.05, 4.69) is 48.5 Å². The van der Waals surface area contributed by atoms with Gasteiger partial charge in [-0.05, 0) is 104 Å². The first-order valence-corrected chi connectivity index (χ1v) is 14.8. The van der Waals surface area contributed by atoms with Gasteiger partial charge in [0, 0.05) is 29.3 Å². The van der Waals surface area contributed by atoms with Gasteiger partial charge in [-0.25, -0.2) is 4.79 Å². The fourth-order valence-electron chi connectivity index (χ4n) is 10.2. The van der Waals surface area contributed by atoms with E-state index in [4.69, 9.17) is 4.74 Å². The molecule has 6 fully saturated rings. The molecule has 9 rings (SSSR count). The first-order valence-electron chi connectivity index (χ1n) is 14.8. The van der Waals surface area contributed by atoms with Crippen molar-refractivity contribution in [2.24, 2.45) is 29.1 Å². The molecule has 2 atom stereocenters. The average molecular weight is 496 g/mol. The molecule has 0 spiro atoms. The molecule has 0 N–H and O–H groups in total. The second-order valence-electron chi connectivity index (χ2n) is 13.3. The highest BCUT2D eigenvalue weighted by Gasteiger charge is 2.57. The van der Waals surface area contributed by atoms with E-state index in [-0.39, 0.29) is 35.4 Å². The molecule has 37 heavy (non-hydrogen) atoms. The van der Waals surface area contributed by atoms with E-state index in [9.17, 15) is 9.59 Å². The van der Waals surface area contributed by atoms with Crippen LogP contribution in [0.2, 0.25) is 0 Å². The van der Waals surface area contributed by atoms with E-state index >= 15 is 0 Å². The number of nitrogens with zero attached hydrogens (tertiary/aromatic N) is 1. The maximum absolute atomic E-state index is 14.0. The summed E-state index contributed by atoms with van der Waals surface area (Å²) in [6.07, 6.45) is 11.1. The number of Topliss-reactive ketones (excluding diaryl/α,β-unsaturated/α-hetero) is 1. The Morgan fingerprint density at radius 1 is 0.757 bits per heavy atom. The third-order valence-electron chi connectivity index (χ3n) is 11.2. The van der Waals surface area contributed by atoms with Crippen LogP contribution in [0.3, 0.4) is 0 Å². The lowest BCUT2D eigenvalue weighted by molar-refractivity contribution is -0.150. The van der Waals surface area contributed by atoms with Gasteiger partial charge in [-0.1, -0.05) is 48.5 Å². The van der Waals surface area contributed by atoms with Crippen molar-refractivity contribution in [2.45, 2.75) is 82.2 Å². The van der Waals surface area contributed by atoms with E-state index in [1.807, 2.05) is 4.90 Å². The molecule has 6 bridgehead atoms. The maximum Gasteiger partial charge on any atom is 0.410 e. The Bertz CT molecular complexity index is 1170. The minimum absolute atomic E-state index is 0.0230. The summed E-state index contributed by atoms with van der Waals surface area (Å²) in [5, 5.41) is 0. The van der Waals surface area contributed by atoms with Gasteiger partial charge in [0.25, 0.3) is 0 Å². The summed E-state index contributed by atoms with van der Waals surface area (Å²) in [6, 6.07) is 17.3. The van der Waals surface area contributed by atoms with E-state index in [1.165, 1.54) is 41.5 Å². The molecule has 0 radical (unpaired) electrons. The van der Waals surface area contributed by atoms with Gasteiger partial charge in [0.2, 0.25) is 0 Å². The zero-order chi connectivity index (χ0) is 24.7. The Morgan fingerprint density at radius 3 is 1.81 bits per heavy atom. The van der Waals surface area contributed by atoms with Crippen molar-refractivity contribution < 1.29 is 14.3 Å². The number of hydrogen-bond acceptors (Lipinski definition) is 3. The van der Waals surface area contributed by atoms with Crippen LogP contribution >= 0.6 is 0 Å². The fourth-order valence-corrected chi connectivity index (χ4v) is 10.2. The van der Waals surface area contributed by atoms with Gasteiger partial charge in [-0.2, -0.15) is 0 Å². The number of amides is 1. The van der Waals surface area contributed by atoms with E-state index in [0.29, 0.717) is 12.4 Å². The first-order chi connectivity index (χ1) is 18.1. The standard InChI is InChI=1S/C33H37NO3/c35-31(33-16-20-11-21(17-33)13-22(12-20)18-33)23-14-24-9-10-25(15-23)34(24)32(36)37-19-30-28-7-3-1-5-26(28)27-6-2-4-8-29(27)30/h1-8,20-25,30H,9-19H2. The summed E-state index contributed by atoms with van der Waals surface area (Å²) < 4.78 is 6.06. The predicted octanol–water partition coefficient (Wildman–Crippen LogP) is 6.96. The summed E-state index contributed by atoms with van der Waals surface area (Å²) >= 11 is 0. The van der Waals surface area contributed by atoms with Crippen molar-refractivity contribution >= 4 is 11.9 Å². The van der Waals surface area contributed by atoms with Crippen LogP contribution in [-0.2, 0) is 9.53 Å². The fraction of sp³-hybridized carbons (Fsp3) is 0.576. The van der Waals surface area contributed by atoms with Gasteiger partial charge in [0.05, 0.1) is 0 Å². The van der Waals surface area contributed by atoms with Crippen LogP contribution in [0.25, 0.3) is 11.1 Å². The number of piperidine rings is 1. The summed E-state index contributed by atoms with van der Waals surface area (Å²) in [5.74, 6) is 3.21. The Hall–Kier alpha value is -2.62. The Labute approximate surface area is 219 Å². The van der Waals surface area contributed by atoms with Crippen LogP contribution in [0, 0.1) is 29.1 Å². The van der Waals surface area contributed by atoms with Crippen molar-refractivity contribution in [3.05, 3.63) is 59.7 Å². The highest BCUT2D eigenvalue weighted by molar-refractivity contribution is 5.88. The zero-order valence-corrected chi connectivity index (χ0v) is 21.6. The number of carbonyl (C=O) groups excluding carboxylic acids is 2. The number of ether oxygens (including phenoxy) is 1. The van der Waals surface area contributed by atoms with Crippen LogP contribution in [0.15, 0.2) is 48.5 Å². The van der Waals surface area contributed by atoms with Gasteiger partial charge in [-0.3, -0.25) is 4.79 Å². The number of fused-ring (bicyclic) bond motifs is 5. The normalized spacial score (nSPS) is 36.9. The molecule has 1 amide bonds. The molecule has 5 aliphatic carbocycles. The highest BCUT2D eigenvalue weighted by atomic mass is 16.6. The van der Waals surface area contributed by atoms with Crippen molar-refractivity contribution in [1.29, 1.82) is 0 Å². The molecule has 4 heteroatoms. The second kappa shape index (κ2) is 8.19. The maximum atomic E-state index is 14.0. The molecule has 7 aliphatic rings. The topological polar surface area (TPSA) is 46.6 Å². The monoisotopic (exact) mass is 495 g/mol. The number of rotatable bonds is 4. The third kappa shape index (κ3) is 3.40. The molecule has 4 saturated carbocycles. The molecular formula is C33H37NO3. The van der Waals surface area contributed by atoms with Crippen LogP contribution in [-0.4, -0.2) is 35.5 Å². The molecular weight excluding hydrogens is 458 g/mol. The molecule has 0 aromatic heterocycles. The lowest BCUT2D eigenvalue weighted by atomic mass is 9.47. The van der Waals surface area contributed by atoms with Gasteiger partial charge in [0.1, 0.15) is 12.4 Å². The van der Waals surface area contributed by atoms with E-state index in [1.54, 1.807) is 0 Å². The lowest BCUT2D eigenvalue weighted by Gasteiger charge is -2.57. The van der Waals surface area contributed by atoms with Crippen LogP contribution in [0.5, 0.6) is 0 Å². The van der Waals surface area contributed by atoms with E-state index in [0.717, 1.165) is 62.7 Å². The Morgan fingerprint density at radius 2 is 1.27 bits per heavy atom. The van der Waals surface area contributed by atoms with Crippen molar-refractivity contribution in [1.82, 2.24) is 4.90 Å². The summed E-state index contributed by atoms with van der Waals surface area (Å²) in [4.78, 5) is 29.5. The third-order valence-corrected chi connectivity index (χ3v) is 11.2. The van der Waals surface area contributed by atoms with Crippen molar-refractivity contribution in [3.8, 4) is 11.1 Å². The van der Waals surface area contributed by atoms with Gasteiger partial charge in [0.15, 0.2) is 0 Å². The molecule has 2 unspecified atom stereocenters.